The summed E-state index contributed by atoms with van der Waals surface area (Å²) in [5.41, 5.74) is 0. The molecule has 0 unspecified atom stereocenters. The fourth-order valence-electron chi connectivity index (χ4n) is 0.945. The third-order valence-electron chi connectivity index (χ3n) is 1.49. The van der Waals surface area contributed by atoms with Crippen molar-refractivity contribution in [3.63, 3.8) is 0 Å². The average Bonchev–Trinajstić information content (AvgIpc) is 2.20. The van der Waals surface area contributed by atoms with Crippen LogP contribution in [0.5, 0.6) is 5.75 Å². The maximum Gasteiger partial charge on any atom is 0.218 e. The molecule has 72 valence electrons. The van der Waals surface area contributed by atoms with Crippen LogP contribution in [0.3, 0.4) is 0 Å². The van der Waals surface area contributed by atoms with E-state index in [0.717, 1.165) is 5.75 Å². The summed E-state index contributed by atoms with van der Waals surface area (Å²) in [5, 5.41) is 0. The van der Waals surface area contributed by atoms with Crippen LogP contribution in [0.25, 0.3) is 0 Å². The van der Waals surface area contributed by atoms with E-state index in [-0.39, 0.29) is 0 Å². The molecule has 2 heteroatoms. The van der Waals surface area contributed by atoms with Crippen molar-refractivity contribution in [2.24, 2.45) is 4.99 Å². The minimum Gasteiger partial charge on any atom is -0.439 e. The molecule has 0 bridgehead atoms. The lowest BCUT2D eigenvalue weighted by Gasteiger charge is -2.03. The highest BCUT2D eigenvalue weighted by atomic mass is 16.5. The Morgan fingerprint density at radius 2 is 2.07 bits per heavy atom. The minimum absolute atomic E-state index is 0.536. The summed E-state index contributed by atoms with van der Waals surface area (Å²) in [6.45, 7) is 5.43. The highest BCUT2D eigenvalue weighted by Gasteiger charge is 1.95. The smallest absolute Gasteiger partial charge is 0.218 e. The van der Waals surface area contributed by atoms with Gasteiger partial charge < -0.3 is 4.74 Å². The van der Waals surface area contributed by atoms with E-state index in [2.05, 4.69) is 11.6 Å². The van der Waals surface area contributed by atoms with E-state index in [4.69, 9.17) is 4.74 Å². The third kappa shape index (κ3) is 3.27. The van der Waals surface area contributed by atoms with E-state index in [9.17, 15) is 0 Å². The molecule has 0 saturated carbocycles. The average molecular weight is 187 g/mol. The second-order valence-electron chi connectivity index (χ2n) is 2.57. The van der Waals surface area contributed by atoms with E-state index < -0.39 is 0 Å². The zero-order chi connectivity index (χ0) is 10.2. The Bertz CT molecular complexity index is 339. The van der Waals surface area contributed by atoms with E-state index in [1.165, 1.54) is 6.20 Å². The molecule has 14 heavy (non-hydrogen) atoms. The monoisotopic (exact) mass is 187 g/mol. The van der Waals surface area contributed by atoms with Crippen molar-refractivity contribution in [2.75, 3.05) is 0 Å². The van der Waals surface area contributed by atoms with Gasteiger partial charge in [-0.1, -0.05) is 30.9 Å². The summed E-state index contributed by atoms with van der Waals surface area (Å²) in [7, 11) is 0. The van der Waals surface area contributed by atoms with Crippen LogP contribution in [0.1, 0.15) is 6.92 Å². The van der Waals surface area contributed by atoms with Gasteiger partial charge in [0.1, 0.15) is 5.75 Å². The first-order valence-corrected chi connectivity index (χ1v) is 4.41. The molecule has 0 fully saturated rings. The first-order chi connectivity index (χ1) is 6.86. The highest BCUT2D eigenvalue weighted by molar-refractivity contribution is 5.89. The minimum atomic E-state index is 0.536. The van der Waals surface area contributed by atoms with Gasteiger partial charge in [0.05, 0.1) is 0 Å². The summed E-state index contributed by atoms with van der Waals surface area (Å²) in [6, 6.07) is 9.52. The van der Waals surface area contributed by atoms with Gasteiger partial charge in [-0.05, 0) is 25.1 Å². The fourth-order valence-corrected chi connectivity index (χ4v) is 0.945. The van der Waals surface area contributed by atoms with Crippen molar-refractivity contribution < 1.29 is 4.74 Å². The molecule has 0 radical (unpaired) electrons. The van der Waals surface area contributed by atoms with Crippen LogP contribution in [-0.4, -0.2) is 5.90 Å². The number of aliphatic imine (C=N–C) groups is 1. The number of hydrogen-bond donors (Lipinski definition) is 0. The number of ether oxygens (including phenoxy) is 1. The van der Waals surface area contributed by atoms with Gasteiger partial charge in [-0.3, -0.25) is 0 Å². The van der Waals surface area contributed by atoms with E-state index in [1.54, 1.807) is 6.08 Å². The number of nitrogens with zero attached hydrogens (tertiary/aromatic N) is 1. The van der Waals surface area contributed by atoms with Gasteiger partial charge in [0.15, 0.2) is 0 Å². The topological polar surface area (TPSA) is 21.6 Å². The van der Waals surface area contributed by atoms with Gasteiger partial charge in [0.25, 0.3) is 0 Å². The highest BCUT2D eigenvalue weighted by Crippen LogP contribution is 2.09. The number of allylic oxidation sites excluding steroid dienone is 1. The molecule has 0 heterocycles. The van der Waals surface area contributed by atoms with Crippen molar-refractivity contribution in [3.05, 3.63) is 55.3 Å². The van der Waals surface area contributed by atoms with Gasteiger partial charge in [0, 0.05) is 6.20 Å². The summed E-state index contributed by atoms with van der Waals surface area (Å²) in [5.74, 6) is 1.31. The zero-order valence-corrected chi connectivity index (χ0v) is 8.18. The first-order valence-electron chi connectivity index (χ1n) is 4.41. The maximum atomic E-state index is 5.49. The molecule has 1 aromatic carbocycles. The van der Waals surface area contributed by atoms with Gasteiger partial charge in [0.2, 0.25) is 5.90 Å². The van der Waals surface area contributed by atoms with Gasteiger partial charge in [-0.15, -0.1) is 0 Å². The van der Waals surface area contributed by atoms with Gasteiger partial charge >= 0.3 is 0 Å². The van der Waals surface area contributed by atoms with Gasteiger partial charge in [-0.25, -0.2) is 4.99 Å². The molecule has 1 rings (SSSR count). The van der Waals surface area contributed by atoms with Crippen molar-refractivity contribution in [2.45, 2.75) is 6.92 Å². The molecule has 0 atom stereocenters. The number of hydrogen-bond acceptors (Lipinski definition) is 2. The van der Waals surface area contributed by atoms with E-state index in [1.807, 2.05) is 43.3 Å². The summed E-state index contributed by atoms with van der Waals surface area (Å²) >= 11 is 0. The fraction of sp³-hybridized carbons (Fsp3) is 0.0833. The Balaban J connectivity index is 2.75. The second-order valence-corrected chi connectivity index (χ2v) is 2.57. The lowest BCUT2D eigenvalue weighted by atomic mass is 10.3. The predicted octanol–water partition coefficient (Wildman–Crippen LogP) is 3.18. The molecule has 0 aliphatic rings. The third-order valence-corrected chi connectivity index (χ3v) is 1.49. The Morgan fingerprint density at radius 1 is 1.36 bits per heavy atom. The van der Waals surface area contributed by atoms with Crippen LogP contribution in [0, 0.1) is 0 Å². The van der Waals surface area contributed by atoms with Crippen LogP contribution >= 0.6 is 0 Å². The number of benzene rings is 1. The lowest BCUT2D eigenvalue weighted by molar-refractivity contribution is 0.555. The van der Waals surface area contributed by atoms with Crippen molar-refractivity contribution in [1.82, 2.24) is 0 Å². The Kier molecular flexibility index (Phi) is 4.21. The summed E-state index contributed by atoms with van der Waals surface area (Å²) < 4.78 is 5.49. The number of para-hydroxylation sites is 1. The zero-order valence-electron chi connectivity index (χ0n) is 8.18. The van der Waals surface area contributed by atoms with E-state index >= 15 is 0 Å². The molecule has 0 amide bonds. The van der Waals surface area contributed by atoms with E-state index in [0.29, 0.717) is 5.90 Å². The van der Waals surface area contributed by atoms with Crippen molar-refractivity contribution >= 4 is 5.90 Å². The molecule has 0 N–H and O–H groups in total. The summed E-state index contributed by atoms with van der Waals surface area (Å²) in [6.07, 6.45) is 5.11. The Labute approximate surface area is 84.3 Å². The maximum absolute atomic E-state index is 5.49. The molecule has 1 aromatic rings. The predicted molar refractivity (Wildman–Crippen MR) is 59.5 cm³/mol. The standard InChI is InChI=1S/C12H13NO/c1-3-8-12(13-4-2)14-11-9-6-5-7-10-11/h3-10H,2H2,1H3/b8-3-,13-12+. The Hall–Kier alpha value is -1.83. The van der Waals surface area contributed by atoms with Crippen molar-refractivity contribution in [3.8, 4) is 5.75 Å². The largest absolute Gasteiger partial charge is 0.439 e. The van der Waals surface area contributed by atoms with Crippen LogP contribution in [0.2, 0.25) is 0 Å². The molecule has 2 nitrogen and oxygen atoms in total. The molecule has 0 aliphatic heterocycles. The molecule has 0 aliphatic carbocycles. The molecule has 0 saturated heterocycles. The second kappa shape index (κ2) is 5.75. The van der Waals surface area contributed by atoms with Crippen molar-refractivity contribution in [1.29, 1.82) is 0 Å². The van der Waals surface area contributed by atoms with Crippen LogP contribution in [0.4, 0.5) is 0 Å². The molecule has 0 aromatic heterocycles. The van der Waals surface area contributed by atoms with Gasteiger partial charge in [-0.2, -0.15) is 0 Å². The first kappa shape index (κ1) is 10.3. The molecular formula is C12H13NO. The van der Waals surface area contributed by atoms with Crippen LogP contribution in [0.15, 0.2) is 60.3 Å². The quantitative estimate of drug-likeness (QED) is 0.526. The molecular weight excluding hydrogens is 174 g/mol. The van der Waals surface area contributed by atoms with Crippen LogP contribution in [-0.2, 0) is 0 Å². The SMILES string of the molecule is C=C/N=C(\C=C/C)Oc1ccccc1. The Morgan fingerprint density at radius 3 is 2.64 bits per heavy atom. The summed E-state index contributed by atoms with van der Waals surface area (Å²) in [4.78, 5) is 3.98. The van der Waals surface area contributed by atoms with Crippen LogP contribution < -0.4 is 4.74 Å². The molecule has 0 spiro atoms. The normalized spacial score (nSPS) is 11.6. The number of rotatable bonds is 3. The lowest BCUT2D eigenvalue weighted by Crippen LogP contribution is -2.03.